The first-order valence-electron chi connectivity index (χ1n) is 7.66. The Morgan fingerprint density at radius 1 is 1.43 bits per heavy atom. The fourth-order valence-corrected chi connectivity index (χ4v) is 2.87. The van der Waals surface area contributed by atoms with Crippen LogP contribution in [-0.2, 0) is 17.8 Å². The first-order chi connectivity index (χ1) is 10.3. The third-order valence-corrected chi connectivity index (χ3v) is 4.02. The Morgan fingerprint density at radius 3 is 3.05 bits per heavy atom. The molecule has 2 unspecified atom stereocenters. The summed E-state index contributed by atoms with van der Waals surface area (Å²) in [7, 11) is 0. The highest BCUT2D eigenvalue weighted by Gasteiger charge is 2.30. The van der Waals surface area contributed by atoms with E-state index in [0.29, 0.717) is 5.92 Å². The van der Waals surface area contributed by atoms with E-state index in [2.05, 4.69) is 23.5 Å². The third-order valence-electron chi connectivity index (χ3n) is 4.02. The van der Waals surface area contributed by atoms with Gasteiger partial charge in [0.25, 0.3) is 0 Å². The van der Waals surface area contributed by atoms with Crippen molar-refractivity contribution in [1.29, 1.82) is 0 Å². The first kappa shape index (κ1) is 14.4. The van der Waals surface area contributed by atoms with Gasteiger partial charge in [-0.2, -0.15) is 5.10 Å². The van der Waals surface area contributed by atoms with Crippen LogP contribution in [0.25, 0.3) is 0 Å². The maximum atomic E-state index is 5.90. The van der Waals surface area contributed by atoms with Crippen LogP contribution >= 0.6 is 0 Å². The average molecular weight is 289 g/mol. The van der Waals surface area contributed by atoms with Gasteiger partial charge in [0.05, 0.1) is 18.8 Å². The van der Waals surface area contributed by atoms with Crippen molar-refractivity contribution < 1.29 is 9.15 Å². The zero-order chi connectivity index (χ0) is 14.7. The topological polar surface area (TPSA) is 52.2 Å². The Morgan fingerprint density at radius 2 is 2.33 bits per heavy atom. The van der Waals surface area contributed by atoms with Gasteiger partial charge in [-0.3, -0.25) is 4.68 Å². The van der Waals surface area contributed by atoms with Crippen molar-refractivity contribution in [3.63, 3.8) is 0 Å². The molecule has 3 heterocycles. The number of aryl methyl sites for hydroxylation is 2. The summed E-state index contributed by atoms with van der Waals surface area (Å²) in [6, 6.07) is 4.02. The molecule has 0 spiro atoms. The molecule has 1 fully saturated rings. The summed E-state index contributed by atoms with van der Waals surface area (Å²) in [6.45, 7) is 7.49. The maximum absolute atomic E-state index is 5.90. The van der Waals surface area contributed by atoms with Crippen LogP contribution in [0.2, 0.25) is 0 Å². The van der Waals surface area contributed by atoms with Crippen molar-refractivity contribution in [1.82, 2.24) is 15.1 Å². The number of aromatic nitrogens is 2. The van der Waals surface area contributed by atoms with Crippen molar-refractivity contribution in [2.75, 3.05) is 13.2 Å². The maximum Gasteiger partial charge on any atom is 0.117 e. The van der Waals surface area contributed by atoms with Gasteiger partial charge in [-0.25, -0.2) is 0 Å². The summed E-state index contributed by atoms with van der Waals surface area (Å²) in [5, 5.41) is 7.82. The molecule has 0 aliphatic carbocycles. The lowest BCUT2D eigenvalue weighted by molar-refractivity contribution is 0.0902. The van der Waals surface area contributed by atoms with E-state index in [1.807, 2.05) is 29.9 Å². The lowest BCUT2D eigenvalue weighted by atomic mass is 9.97. The van der Waals surface area contributed by atoms with E-state index in [-0.39, 0.29) is 6.10 Å². The van der Waals surface area contributed by atoms with E-state index in [4.69, 9.17) is 9.15 Å². The number of hydrogen-bond donors (Lipinski definition) is 1. The molecule has 0 bridgehead atoms. The van der Waals surface area contributed by atoms with E-state index in [1.54, 1.807) is 0 Å². The molecule has 2 aromatic rings. The molecule has 0 radical (unpaired) electrons. The molecule has 0 saturated carbocycles. The molecule has 3 rings (SSSR count). The quantitative estimate of drug-likeness (QED) is 0.888. The normalized spacial score (nSPS) is 22.0. The molecule has 2 aromatic heterocycles. The third kappa shape index (κ3) is 3.36. The number of nitrogens with zero attached hydrogens (tertiary/aromatic N) is 2. The molecule has 2 atom stereocenters. The molecule has 5 nitrogen and oxygen atoms in total. The first-order valence-corrected chi connectivity index (χ1v) is 7.66. The lowest BCUT2D eigenvalue weighted by Gasteiger charge is -2.17. The molecule has 114 valence electrons. The second kappa shape index (κ2) is 6.45. The van der Waals surface area contributed by atoms with Crippen LogP contribution < -0.4 is 5.32 Å². The second-order valence-corrected chi connectivity index (χ2v) is 5.61. The van der Waals surface area contributed by atoms with Crippen LogP contribution in [0.4, 0.5) is 0 Å². The van der Waals surface area contributed by atoms with Gasteiger partial charge in [-0.1, -0.05) is 0 Å². The van der Waals surface area contributed by atoms with Gasteiger partial charge in [0.1, 0.15) is 11.5 Å². The molecule has 1 saturated heterocycles. The molecular weight excluding hydrogens is 266 g/mol. The predicted octanol–water partition coefficient (Wildman–Crippen LogP) is 2.67. The smallest absolute Gasteiger partial charge is 0.117 e. The van der Waals surface area contributed by atoms with E-state index in [1.165, 1.54) is 5.56 Å². The van der Waals surface area contributed by atoms with Gasteiger partial charge in [-0.05, 0) is 32.4 Å². The largest absolute Gasteiger partial charge is 0.465 e. The van der Waals surface area contributed by atoms with Crippen molar-refractivity contribution in [2.45, 2.75) is 39.5 Å². The SMILES string of the molecule is CCn1cc(C2OCCC2CNCc2ccc(C)o2)cn1. The summed E-state index contributed by atoms with van der Waals surface area (Å²) >= 11 is 0. The predicted molar refractivity (Wildman–Crippen MR) is 79.9 cm³/mol. The Labute approximate surface area is 125 Å². The number of ether oxygens (including phenoxy) is 1. The molecule has 5 heteroatoms. The van der Waals surface area contributed by atoms with Gasteiger partial charge in [-0.15, -0.1) is 0 Å². The van der Waals surface area contributed by atoms with Crippen LogP contribution in [0.5, 0.6) is 0 Å². The van der Waals surface area contributed by atoms with E-state index in [0.717, 1.165) is 44.2 Å². The highest BCUT2D eigenvalue weighted by molar-refractivity contribution is 5.11. The van der Waals surface area contributed by atoms with E-state index in [9.17, 15) is 0 Å². The van der Waals surface area contributed by atoms with Crippen molar-refractivity contribution in [3.8, 4) is 0 Å². The highest BCUT2D eigenvalue weighted by Crippen LogP contribution is 2.33. The fraction of sp³-hybridized carbons (Fsp3) is 0.562. The Bertz CT molecular complexity index is 576. The van der Waals surface area contributed by atoms with Crippen LogP contribution in [0, 0.1) is 12.8 Å². The van der Waals surface area contributed by atoms with Crippen molar-refractivity contribution >= 4 is 0 Å². The van der Waals surface area contributed by atoms with Gasteiger partial charge in [0.2, 0.25) is 0 Å². The Hall–Kier alpha value is -1.59. The summed E-state index contributed by atoms with van der Waals surface area (Å²) < 4.78 is 13.4. The molecule has 1 aliphatic rings. The molecule has 0 amide bonds. The van der Waals surface area contributed by atoms with Crippen molar-refractivity contribution in [3.05, 3.63) is 41.6 Å². The molecule has 21 heavy (non-hydrogen) atoms. The number of rotatable bonds is 6. The van der Waals surface area contributed by atoms with Crippen LogP contribution in [0.1, 0.15) is 36.5 Å². The monoisotopic (exact) mass is 289 g/mol. The summed E-state index contributed by atoms with van der Waals surface area (Å²) in [4.78, 5) is 0. The Balaban J connectivity index is 1.54. The number of hydrogen-bond acceptors (Lipinski definition) is 4. The van der Waals surface area contributed by atoms with Gasteiger partial charge < -0.3 is 14.5 Å². The minimum absolute atomic E-state index is 0.163. The molecule has 1 N–H and O–H groups in total. The highest BCUT2D eigenvalue weighted by atomic mass is 16.5. The van der Waals surface area contributed by atoms with Gasteiger partial charge >= 0.3 is 0 Å². The lowest BCUT2D eigenvalue weighted by Crippen LogP contribution is -2.24. The van der Waals surface area contributed by atoms with Crippen molar-refractivity contribution in [2.24, 2.45) is 5.92 Å². The zero-order valence-electron chi connectivity index (χ0n) is 12.7. The van der Waals surface area contributed by atoms with Gasteiger partial charge in [0, 0.05) is 37.4 Å². The molecule has 1 aliphatic heterocycles. The van der Waals surface area contributed by atoms with Crippen LogP contribution in [0.3, 0.4) is 0 Å². The summed E-state index contributed by atoms with van der Waals surface area (Å²) in [5.74, 6) is 2.44. The number of nitrogens with one attached hydrogen (secondary N) is 1. The van der Waals surface area contributed by atoms with E-state index < -0.39 is 0 Å². The number of furan rings is 1. The average Bonchev–Trinajstić information content (AvgIpc) is 3.19. The molecular formula is C16H23N3O2. The van der Waals surface area contributed by atoms with Crippen LogP contribution in [-0.4, -0.2) is 22.9 Å². The Kier molecular flexibility index (Phi) is 4.41. The minimum atomic E-state index is 0.163. The minimum Gasteiger partial charge on any atom is -0.465 e. The summed E-state index contributed by atoms with van der Waals surface area (Å²) in [6.07, 6.45) is 5.28. The zero-order valence-corrected chi connectivity index (χ0v) is 12.7. The summed E-state index contributed by atoms with van der Waals surface area (Å²) in [5.41, 5.74) is 1.19. The van der Waals surface area contributed by atoms with Crippen LogP contribution in [0.15, 0.2) is 28.9 Å². The van der Waals surface area contributed by atoms with E-state index >= 15 is 0 Å². The van der Waals surface area contributed by atoms with Gasteiger partial charge in [0.15, 0.2) is 0 Å². The standard InChI is InChI=1S/C16H23N3O2/c1-3-19-11-14(9-18-19)16-13(6-7-20-16)8-17-10-15-5-4-12(2)21-15/h4-5,9,11,13,16-17H,3,6-8,10H2,1-2H3. The fourth-order valence-electron chi connectivity index (χ4n) is 2.87. The molecule has 0 aromatic carbocycles. The second-order valence-electron chi connectivity index (χ2n) is 5.61.